The minimum Gasteiger partial charge on any atom is -0.344 e. The van der Waals surface area contributed by atoms with E-state index in [9.17, 15) is 13.2 Å². The molecule has 0 saturated carbocycles. The summed E-state index contributed by atoms with van der Waals surface area (Å²) >= 11 is 0. The first-order valence-electron chi connectivity index (χ1n) is 7.39. The number of benzene rings is 1. The van der Waals surface area contributed by atoms with Gasteiger partial charge >= 0.3 is 0 Å². The number of aromatic amines is 1. The van der Waals surface area contributed by atoms with E-state index in [4.69, 9.17) is 0 Å². The molecule has 1 aromatic carbocycles. The maximum Gasteiger partial charge on any atom is 0.253 e. The summed E-state index contributed by atoms with van der Waals surface area (Å²) in [4.78, 5) is 17.0. The summed E-state index contributed by atoms with van der Waals surface area (Å²) in [6, 6.07) is 7.89. The molecule has 2 aromatic heterocycles. The standard InChI is InChI=1S/C16H14N4O3S/c1-9-12-6-10(7-17-15(12)20-19-9)16(21)18-13-8-24(22,23)14-5-3-2-4-11(13)14/h2-7,13H,8H2,1H3,(H,18,21)(H,17,19,20)/t13-/m0/s1. The molecule has 0 unspecified atom stereocenters. The highest BCUT2D eigenvalue weighted by Crippen LogP contribution is 2.33. The Morgan fingerprint density at radius 3 is 2.96 bits per heavy atom. The lowest BCUT2D eigenvalue weighted by Crippen LogP contribution is -2.29. The lowest BCUT2D eigenvalue weighted by Gasteiger charge is -2.12. The lowest BCUT2D eigenvalue weighted by atomic mass is 10.1. The molecule has 24 heavy (non-hydrogen) atoms. The second-order valence-electron chi connectivity index (χ2n) is 5.79. The number of rotatable bonds is 2. The van der Waals surface area contributed by atoms with Crippen molar-refractivity contribution < 1.29 is 13.2 Å². The van der Waals surface area contributed by atoms with E-state index in [0.29, 0.717) is 16.8 Å². The molecule has 3 aromatic rings. The molecule has 1 aliphatic heterocycles. The number of fused-ring (bicyclic) bond motifs is 2. The Morgan fingerprint density at radius 2 is 2.12 bits per heavy atom. The third-order valence-corrected chi connectivity index (χ3v) is 6.00. The number of aromatic nitrogens is 3. The number of carbonyl (C=O) groups is 1. The van der Waals surface area contributed by atoms with Gasteiger partial charge < -0.3 is 5.32 Å². The molecule has 0 saturated heterocycles. The van der Waals surface area contributed by atoms with Gasteiger partial charge in [-0.1, -0.05) is 18.2 Å². The van der Waals surface area contributed by atoms with Gasteiger partial charge in [-0.05, 0) is 24.6 Å². The van der Waals surface area contributed by atoms with Crippen molar-refractivity contribution in [3.05, 3.63) is 53.3 Å². The minimum absolute atomic E-state index is 0.126. The Morgan fingerprint density at radius 1 is 1.33 bits per heavy atom. The predicted octanol–water partition coefficient (Wildman–Crippen LogP) is 1.52. The topological polar surface area (TPSA) is 105 Å². The van der Waals surface area contributed by atoms with Crippen LogP contribution in [0.5, 0.6) is 0 Å². The van der Waals surface area contributed by atoms with E-state index in [1.54, 1.807) is 30.3 Å². The lowest BCUT2D eigenvalue weighted by molar-refractivity contribution is 0.0940. The van der Waals surface area contributed by atoms with Crippen LogP contribution in [0.2, 0.25) is 0 Å². The number of H-pyrrole nitrogens is 1. The predicted molar refractivity (Wildman–Crippen MR) is 87.3 cm³/mol. The largest absolute Gasteiger partial charge is 0.344 e. The highest BCUT2D eigenvalue weighted by atomic mass is 32.2. The van der Waals surface area contributed by atoms with Gasteiger partial charge in [-0.2, -0.15) is 5.10 Å². The van der Waals surface area contributed by atoms with E-state index in [-0.39, 0.29) is 16.6 Å². The first-order chi connectivity index (χ1) is 11.5. The Hall–Kier alpha value is -2.74. The summed E-state index contributed by atoms with van der Waals surface area (Å²) in [5.74, 6) is -0.486. The average Bonchev–Trinajstić information content (AvgIpc) is 3.06. The third kappa shape index (κ3) is 2.26. The molecule has 2 N–H and O–H groups in total. The smallest absolute Gasteiger partial charge is 0.253 e. The van der Waals surface area contributed by atoms with Gasteiger partial charge in [-0.15, -0.1) is 0 Å². The van der Waals surface area contributed by atoms with Crippen LogP contribution < -0.4 is 5.32 Å². The second-order valence-corrected chi connectivity index (χ2v) is 7.79. The van der Waals surface area contributed by atoms with Gasteiger partial charge in [-0.3, -0.25) is 9.89 Å². The molecule has 1 aliphatic rings. The van der Waals surface area contributed by atoms with Crippen molar-refractivity contribution in [3.8, 4) is 0 Å². The summed E-state index contributed by atoms with van der Waals surface area (Å²) in [6.07, 6.45) is 1.44. The normalized spacial score (nSPS) is 18.5. The van der Waals surface area contributed by atoms with Crippen LogP contribution >= 0.6 is 0 Å². The molecule has 0 fully saturated rings. The van der Waals surface area contributed by atoms with Gasteiger partial charge in [0.25, 0.3) is 5.91 Å². The van der Waals surface area contributed by atoms with Gasteiger partial charge in [0.2, 0.25) is 0 Å². The van der Waals surface area contributed by atoms with E-state index < -0.39 is 15.9 Å². The van der Waals surface area contributed by atoms with Crippen LogP contribution in [0.1, 0.15) is 27.7 Å². The van der Waals surface area contributed by atoms with Crippen LogP contribution in [0.25, 0.3) is 11.0 Å². The van der Waals surface area contributed by atoms with Crippen LogP contribution in [0.4, 0.5) is 0 Å². The molecule has 0 aliphatic carbocycles. The molecule has 0 radical (unpaired) electrons. The summed E-state index contributed by atoms with van der Waals surface area (Å²) in [6.45, 7) is 1.85. The maximum absolute atomic E-state index is 12.5. The maximum atomic E-state index is 12.5. The van der Waals surface area contributed by atoms with E-state index in [0.717, 1.165) is 11.1 Å². The van der Waals surface area contributed by atoms with Crippen molar-refractivity contribution in [3.63, 3.8) is 0 Å². The number of carbonyl (C=O) groups excluding carboxylic acids is 1. The van der Waals surface area contributed by atoms with Crippen LogP contribution in [0, 0.1) is 6.92 Å². The molecule has 8 heteroatoms. The monoisotopic (exact) mass is 342 g/mol. The number of nitrogens with one attached hydrogen (secondary N) is 2. The fraction of sp³-hybridized carbons (Fsp3) is 0.188. The molecule has 3 heterocycles. The first kappa shape index (κ1) is 14.8. The fourth-order valence-corrected chi connectivity index (χ4v) is 4.69. The molecule has 7 nitrogen and oxygen atoms in total. The molecule has 0 bridgehead atoms. The van der Waals surface area contributed by atoms with E-state index in [2.05, 4.69) is 20.5 Å². The van der Waals surface area contributed by atoms with Crippen molar-refractivity contribution in [2.75, 3.05) is 5.75 Å². The summed E-state index contributed by atoms with van der Waals surface area (Å²) < 4.78 is 24.4. The number of nitrogens with zero attached hydrogens (tertiary/aromatic N) is 2. The molecule has 1 amide bonds. The minimum atomic E-state index is -3.36. The molecular formula is C16H14N4O3S. The number of pyridine rings is 1. The molecular weight excluding hydrogens is 328 g/mol. The summed E-state index contributed by atoms with van der Waals surface area (Å²) in [5, 5.41) is 10.4. The van der Waals surface area contributed by atoms with Crippen molar-refractivity contribution in [2.45, 2.75) is 17.9 Å². The zero-order valence-electron chi connectivity index (χ0n) is 12.8. The number of aryl methyl sites for hydroxylation is 1. The Labute approximate surface area is 138 Å². The highest BCUT2D eigenvalue weighted by molar-refractivity contribution is 7.91. The molecule has 1 atom stereocenters. The zero-order valence-corrected chi connectivity index (χ0v) is 13.6. The van der Waals surface area contributed by atoms with Crippen LogP contribution in [0.3, 0.4) is 0 Å². The fourth-order valence-electron chi connectivity index (χ4n) is 2.96. The van der Waals surface area contributed by atoms with Crippen molar-refractivity contribution in [2.24, 2.45) is 0 Å². The number of sulfone groups is 1. The highest BCUT2D eigenvalue weighted by Gasteiger charge is 2.35. The van der Waals surface area contributed by atoms with Crippen molar-refractivity contribution >= 4 is 26.8 Å². The van der Waals surface area contributed by atoms with Crippen LogP contribution in [0.15, 0.2) is 41.4 Å². The van der Waals surface area contributed by atoms with E-state index >= 15 is 0 Å². The average molecular weight is 342 g/mol. The van der Waals surface area contributed by atoms with E-state index in [1.165, 1.54) is 6.20 Å². The Bertz CT molecular complexity index is 1070. The van der Waals surface area contributed by atoms with Gasteiger partial charge in [-0.25, -0.2) is 13.4 Å². The first-order valence-corrected chi connectivity index (χ1v) is 9.04. The third-order valence-electron chi connectivity index (χ3n) is 4.18. The van der Waals surface area contributed by atoms with Crippen molar-refractivity contribution in [1.29, 1.82) is 0 Å². The summed E-state index contributed by atoms with van der Waals surface area (Å²) in [7, 11) is -3.36. The molecule has 4 rings (SSSR count). The molecule has 122 valence electrons. The SMILES string of the molecule is Cc1[nH]nc2ncc(C(=O)N[C@H]3CS(=O)(=O)c4ccccc43)cc12. The van der Waals surface area contributed by atoms with Gasteiger partial charge in [0.1, 0.15) is 0 Å². The quantitative estimate of drug-likeness (QED) is 0.735. The Kier molecular flexibility index (Phi) is 3.17. The van der Waals surface area contributed by atoms with Crippen LogP contribution in [-0.2, 0) is 9.84 Å². The van der Waals surface area contributed by atoms with Gasteiger partial charge in [0, 0.05) is 17.3 Å². The Balaban J connectivity index is 1.66. The number of hydrogen-bond acceptors (Lipinski definition) is 5. The van der Waals surface area contributed by atoms with Crippen molar-refractivity contribution in [1.82, 2.24) is 20.5 Å². The number of amides is 1. The zero-order chi connectivity index (χ0) is 16.9. The molecule has 0 spiro atoms. The van der Waals surface area contributed by atoms with Gasteiger partial charge in [0.05, 0.1) is 22.3 Å². The van der Waals surface area contributed by atoms with E-state index in [1.807, 2.05) is 6.92 Å². The summed E-state index contributed by atoms with van der Waals surface area (Å²) in [5.41, 5.74) is 2.35. The number of hydrogen-bond donors (Lipinski definition) is 2. The second kappa shape index (κ2) is 5.13. The van der Waals surface area contributed by atoms with Gasteiger partial charge in [0.15, 0.2) is 15.5 Å². The van der Waals surface area contributed by atoms with Crippen LogP contribution in [-0.4, -0.2) is 35.3 Å².